The number of thiophene rings is 1. The molecule has 0 atom stereocenters. The summed E-state index contributed by atoms with van der Waals surface area (Å²) in [5.41, 5.74) is 1.76. The summed E-state index contributed by atoms with van der Waals surface area (Å²) < 4.78 is 0. The largest absolute Gasteiger partial charge is 0.337 e. The van der Waals surface area contributed by atoms with Crippen LogP contribution < -0.4 is 0 Å². The Morgan fingerprint density at radius 2 is 2.08 bits per heavy atom. The average Bonchev–Trinajstić information content (AvgIpc) is 3.25. The van der Waals surface area contributed by atoms with Gasteiger partial charge < -0.3 is 4.90 Å². The van der Waals surface area contributed by atoms with Crippen molar-refractivity contribution in [3.63, 3.8) is 0 Å². The molecule has 2 aromatic heterocycles. The van der Waals surface area contributed by atoms with Gasteiger partial charge in [0.2, 0.25) is 0 Å². The van der Waals surface area contributed by atoms with Gasteiger partial charge in [-0.25, -0.2) is 4.98 Å². The second kappa shape index (κ2) is 7.28. The summed E-state index contributed by atoms with van der Waals surface area (Å²) in [7, 11) is 1.85. The fourth-order valence-electron chi connectivity index (χ4n) is 2.42. The summed E-state index contributed by atoms with van der Waals surface area (Å²) in [5.74, 6) is 0.462. The van der Waals surface area contributed by atoms with E-state index in [0.29, 0.717) is 18.0 Å². The van der Waals surface area contributed by atoms with Crippen molar-refractivity contribution in [2.24, 2.45) is 0 Å². The molecular formula is C19H20N2OS2. The van der Waals surface area contributed by atoms with Crippen molar-refractivity contribution in [1.29, 1.82) is 0 Å². The maximum absolute atomic E-state index is 12.7. The van der Waals surface area contributed by atoms with E-state index < -0.39 is 0 Å². The molecule has 0 aliphatic carbocycles. The highest BCUT2D eigenvalue weighted by molar-refractivity contribution is 7.15. The summed E-state index contributed by atoms with van der Waals surface area (Å²) in [4.78, 5) is 21.2. The Kier molecular flexibility index (Phi) is 5.11. The Balaban J connectivity index is 1.80. The molecule has 0 fully saturated rings. The van der Waals surface area contributed by atoms with Gasteiger partial charge in [-0.3, -0.25) is 4.79 Å². The minimum atomic E-state index is 0.0406. The third kappa shape index (κ3) is 3.74. The van der Waals surface area contributed by atoms with E-state index in [0.717, 1.165) is 15.4 Å². The second-order valence-corrected chi connectivity index (χ2v) is 8.13. The van der Waals surface area contributed by atoms with Crippen LogP contribution in [0.15, 0.2) is 48.0 Å². The molecule has 1 amide bonds. The van der Waals surface area contributed by atoms with Gasteiger partial charge in [0.25, 0.3) is 5.91 Å². The average molecular weight is 357 g/mol. The molecule has 3 rings (SSSR count). The fourth-order valence-corrected chi connectivity index (χ4v) is 4.10. The molecule has 124 valence electrons. The molecule has 0 aliphatic heterocycles. The first-order valence-electron chi connectivity index (χ1n) is 7.88. The molecule has 1 aromatic carbocycles. The smallest absolute Gasteiger partial charge is 0.253 e. The maximum Gasteiger partial charge on any atom is 0.253 e. The van der Waals surface area contributed by atoms with Crippen LogP contribution in [-0.2, 0) is 6.54 Å². The van der Waals surface area contributed by atoms with Crippen LogP contribution in [0.3, 0.4) is 0 Å². The predicted octanol–water partition coefficient (Wildman–Crippen LogP) is 5.27. The van der Waals surface area contributed by atoms with Crippen LogP contribution in [0.2, 0.25) is 0 Å². The van der Waals surface area contributed by atoms with Gasteiger partial charge in [-0.15, -0.1) is 22.7 Å². The lowest BCUT2D eigenvalue weighted by Crippen LogP contribution is -2.25. The number of benzene rings is 1. The number of rotatable bonds is 5. The Hall–Kier alpha value is -1.98. The van der Waals surface area contributed by atoms with Crippen LogP contribution in [0, 0.1) is 0 Å². The van der Waals surface area contributed by atoms with Crippen LogP contribution >= 0.6 is 22.7 Å². The van der Waals surface area contributed by atoms with Gasteiger partial charge in [0.15, 0.2) is 0 Å². The first-order valence-corrected chi connectivity index (χ1v) is 9.58. The Bertz CT molecular complexity index is 822. The lowest BCUT2D eigenvalue weighted by Gasteiger charge is -2.16. The van der Waals surface area contributed by atoms with Crippen LogP contribution in [0.5, 0.6) is 0 Å². The first kappa shape index (κ1) is 16.9. The zero-order valence-corrected chi connectivity index (χ0v) is 15.7. The number of aromatic nitrogens is 1. The lowest BCUT2D eigenvalue weighted by molar-refractivity contribution is 0.0786. The number of nitrogens with zero attached hydrogens (tertiary/aromatic N) is 2. The van der Waals surface area contributed by atoms with Crippen LogP contribution in [0.4, 0.5) is 0 Å². The van der Waals surface area contributed by atoms with Gasteiger partial charge in [-0.2, -0.15) is 0 Å². The highest BCUT2D eigenvalue weighted by Gasteiger charge is 2.14. The summed E-state index contributed by atoms with van der Waals surface area (Å²) in [6.07, 6.45) is 1.90. The van der Waals surface area contributed by atoms with Gasteiger partial charge in [-0.1, -0.05) is 32.0 Å². The molecule has 0 saturated heterocycles. The van der Waals surface area contributed by atoms with Crippen molar-refractivity contribution in [2.45, 2.75) is 26.3 Å². The number of carbonyl (C=O) groups is 1. The van der Waals surface area contributed by atoms with Crippen LogP contribution in [0.1, 0.15) is 40.0 Å². The minimum absolute atomic E-state index is 0.0406. The molecular weight excluding hydrogens is 336 g/mol. The summed E-state index contributed by atoms with van der Waals surface area (Å²) in [6, 6.07) is 11.9. The third-order valence-electron chi connectivity index (χ3n) is 3.73. The number of amides is 1. The molecule has 5 heteroatoms. The summed E-state index contributed by atoms with van der Waals surface area (Å²) in [6.45, 7) is 4.92. The van der Waals surface area contributed by atoms with Gasteiger partial charge in [0.05, 0.1) is 16.4 Å². The third-order valence-corrected chi connectivity index (χ3v) is 5.94. The quantitative estimate of drug-likeness (QED) is 0.624. The van der Waals surface area contributed by atoms with Gasteiger partial charge >= 0.3 is 0 Å². The van der Waals surface area contributed by atoms with Crippen molar-refractivity contribution >= 4 is 28.6 Å². The monoisotopic (exact) mass is 356 g/mol. The molecule has 0 radical (unpaired) electrons. The van der Waals surface area contributed by atoms with E-state index in [4.69, 9.17) is 0 Å². The topological polar surface area (TPSA) is 33.2 Å². The van der Waals surface area contributed by atoms with Crippen molar-refractivity contribution in [3.05, 3.63) is 63.4 Å². The highest BCUT2D eigenvalue weighted by atomic mass is 32.1. The molecule has 0 aliphatic rings. The zero-order chi connectivity index (χ0) is 17.1. The van der Waals surface area contributed by atoms with Crippen LogP contribution in [0.25, 0.3) is 10.4 Å². The van der Waals surface area contributed by atoms with Crippen LogP contribution in [-0.4, -0.2) is 22.8 Å². The lowest BCUT2D eigenvalue weighted by atomic mass is 10.1. The van der Waals surface area contributed by atoms with E-state index in [1.54, 1.807) is 27.6 Å². The number of hydrogen-bond acceptors (Lipinski definition) is 4. The van der Waals surface area contributed by atoms with Gasteiger partial charge in [0.1, 0.15) is 0 Å². The maximum atomic E-state index is 12.7. The summed E-state index contributed by atoms with van der Waals surface area (Å²) >= 11 is 3.36. The Morgan fingerprint density at radius 1 is 1.25 bits per heavy atom. The van der Waals surface area contributed by atoms with E-state index in [1.165, 1.54) is 4.88 Å². The molecule has 2 heterocycles. The van der Waals surface area contributed by atoms with Gasteiger partial charge in [-0.05, 0) is 29.1 Å². The van der Waals surface area contributed by atoms with E-state index in [-0.39, 0.29) is 5.91 Å². The van der Waals surface area contributed by atoms with Crippen molar-refractivity contribution < 1.29 is 4.79 Å². The molecule has 24 heavy (non-hydrogen) atoms. The molecule has 0 spiro atoms. The van der Waals surface area contributed by atoms with E-state index in [1.807, 2.05) is 49.0 Å². The highest BCUT2D eigenvalue weighted by Crippen LogP contribution is 2.30. The SMILES string of the molecule is CC(C)c1ncc(-c2cccc(C(=O)N(C)Cc3cccs3)c2)s1. The molecule has 0 unspecified atom stereocenters. The Morgan fingerprint density at radius 3 is 2.75 bits per heavy atom. The zero-order valence-electron chi connectivity index (χ0n) is 14.0. The van der Waals surface area contributed by atoms with Crippen molar-refractivity contribution in [3.8, 4) is 10.4 Å². The standard InChI is InChI=1S/C19H20N2OS2/c1-13(2)18-20-11-17(24-18)14-6-4-7-15(10-14)19(22)21(3)12-16-8-5-9-23-16/h4-11,13H,12H2,1-3H3. The van der Waals surface area contributed by atoms with Crippen molar-refractivity contribution in [1.82, 2.24) is 9.88 Å². The Labute approximate surface area is 150 Å². The molecule has 3 nitrogen and oxygen atoms in total. The second-order valence-electron chi connectivity index (χ2n) is 6.04. The normalized spacial score (nSPS) is 11.0. The van der Waals surface area contributed by atoms with Crippen molar-refractivity contribution in [2.75, 3.05) is 7.05 Å². The van der Waals surface area contributed by atoms with E-state index in [9.17, 15) is 4.79 Å². The number of hydrogen-bond donors (Lipinski definition) is 0. The molecule has 0 N–H and O–H groups in total. The molecule has 3 aromatic rings. The first-order chi connectivity index (χ1) is 11.5. The predicted molar refractivity (Wildman–Crippen MR) is 102 cm³/mol. The van der Waals surface area contributed by atoms with Gasteiger partial charge in [0, 0.05) is 29.6 Å². The fraction of sp³-hybridized carbons (Fsp3) is 0.263. The van der Waals surface area contributed by atoms with E-state index >= 15 is 0 Å². The molecule has 0 bridgehead atoms. The number of carbonyl (C=O) groups excluding carboxylic acids is 1. The molecule has 0 saturated carbocycles. The van der Waals surface area contributed by atoms with E-state index in [2.05, 4.69) is 24.9 Å². The summed E-state index contributed by atoms with van der Waals surface area (Å²) in [5, 5.41) is 3.15. The number of thiazole rings is 1. The minimum Gasteiger partial charge on any atom is -0.337 e.